The van der Waals surface area contributed by atoms with Crippen LogP contribution in [0.5, 0.6) is 0 Å². The van der Waals surface area contributed by atoms with Crippen LogP contribution in [-0.4, -0.2) is 53.3 Å². The first-order chi connectivity index (χ1) is 8.97. The summed E-state index contributed by atoms with van der Waals surface area (Å²) in [4.78, 5) is 3.91. The Labute approximate surface area is 114 Å². The van der Waals surface area contributed by atoms with Crippen LogP contribution in [0.3, 0.4) is 0 Å². The van der Waals surface area contributed by atoms with Gasteiger partial charge in [-0.05, 0) is 20.3 Å². The van der Waals surface area contributed by atoms with Crippen molar-refractivity contribution in [2.24, 2.45) is 0 Å². The van der Waals surface area contributed by atoms with Gasteiger partial charge in [-0.15, -0.1) is 0 Å². The molecule has 19 heavy (non-hydrogen) atoms. The molecule has 6 nitrogen and oxygen atoms in total. The molecule has 1 aromatic heterocycles. The monoisotopic (exact) mass is 287 g/mol. The van der Waals surface area contributed by atoms with Gasteiger partial charge in [-0.2, -0.15) is 4.31 Å². The van der Waals surface area contributed by atoms with Crippen LogP contribution in [0.1, 0.15) is 20.3 Å². The zero-order chi connectivity index (χ0) is 13.9. The second-order valence-corrected chi connectivity index (χ2v) is 7.11. The molecule has 108 valence electrons. The molecule has 2 heterocycles. The third-order valence-corrected chi connectivity index (χ3v) is 5.09. The van der Waals surface area contributed by atoms with E-state index in [1.54, 1.807) is 27.6 Å². The van der Waals surface area contributed by atoms with E-state index in [9.17, 15) is 8.42 Å². The van der Waals surface area contributed by atoms with E-state index < -0.39 is 10.0 Å². The van der Waals surface area contributed by atoms with E-state index in [2.05, 4.69) is 4.98 Å². The molecule has 1 aliphatic rings. The number of nitrogens with zero attached hydrogens (tertiary/aromatic N) is 3. The maximum atomic E-state index is 12.3. The molecule has 0 N–H and O–H groups in total. The normalized spacial score (nSPS) is 26.2. The summed E-state index contributed by atoms with van der Waals surface area (Å²) in [5.41, 5.74) is 0. The van der Waals surface area contributed by atoms with Crippen LogP contribution in [0, 0.1) is 0 Å². The fourth-order valence-electron chi connectivity index (χ4n) is 2.23. The van der Waals surface area contributed by atoms with Gasteiger partial charge in [0.25, 0.3) is 0 Å². The van der Waals surface area contributed by atoms with Gasteiger partial charge in [0.1, 0.15) is 0 Å². The van der Waals surface area contributed by atoms with Crippen molar-refractivity contribution in [2.45, 2.75) is 39.0 Å². The van der Waals surface area contributed by atoms with E-state index in [4.69, 9.17) is 4.74 Å². The van der Waals surface area contributed by atoms with Gasteiger partial charge in [-0.1, -0.05) is 0 Å². The van der Waals surface area contributed by atoms with Gasteiger partial charge >= 0.3 is 0 Å². The molecule has 0 radical (unpaired) electrons. The predicted molar refractivity (Wildman–Crippen MR) is 72.2 cm³/mol. The Morgan fingerprint density at radius 2 is 2.16 bits per heavy atom. The zero-order valence-corrected chi connectivity index (χ0v) is 12.2. The quantitative estimate of drug-likeness (QED) is 0.818. The lowest BCUT2D eigenvalue weighted by molar-refractivity contribution is 0.0175. The smallest absolute Gasteiger partial charge is 0.215 e. The Kier molecular flexibility index (Phi) is 4.59. The third kappa shape index (κ3) is 4.02. The van der Waals surface area contributed by atoms with Crippen molar-refractivity contribution in [3.63, 3.8) is 0 Å². The van der Waals surface area contributed by atoms with Gasteiger partial charge < -0.3 is 9.30 Å². The van der Waals surface area contributed by atoms with Crippen LogP contribution < -0.4 is 0 Å². The van der Waals surface area contributed by atoms with Gasteiger partial charge in [-0.3, -0.25) is 0 Å². The van der Waals surface area contributed by atoms with Gasteiger partial charge in [-0.25, -0.2) is 13.4 Å². The summed E-state index contributed by atoms with van der Waals surface area (Å²) >= 11 is 0. The van der Waals surface area contributed by atoms with Crippen molar-refractivity contribution in [2.75, 3.05) is 18.8 Å². The molecule has 0 unspecified atom stereocenters. The second kappa shape index (κ2) is 6.02. The lowest BCUT2D eigenvalue weighted by Crippen LogP contribution is -2.38. The van der Waals surface area contributed by atoms with E-state index >= 15 is 0 Å². The van der Waals surface area contributed by atoms with Crippen LogP contribution in [-0.2, 0) is 21.3 Å². The molecular formula is C12H21N3O3S. The van der Waals surface area contributed by atoms with Crippen LogP contribution in [0.4, 0.5) is 0 Å². The van der Waals surface area contributed by atoms with Crippen molar-refractivity contribution in [1.82, 2.24) is 13.9 Å². The molecule has 0 spiro atoms. The number of aromatic nitrogens is 2. The topological polar surface area (TPSA) is 64.4 Å². The predicted octanol–water partition coefficient (Wildman–Crippen LogP) is 0.712. The Morgan fingerprint density at radius 3 is 2.84 bits per heavy atom. The summed E-state index contributed by atoms with van der Waals surface area (Å²) in [7, 11) is -3.23. The molecule has 1 saturated heterocycles. The molecule has 7 heteroatoms. The average molecular weight is 287 g/mol. The largest absolute Gasteiger partial charge is 0.374 e. The van der Waals surface area contributed by atoms with Crippen LogP contribution >= 0.6 is 0 Å². The van der Waals surface area contributed by atoms with Gasteiger partial charge in [0.05, 0.1) is 24.3 Å². The summed E-state index contributed by atoms with van der Waals surface area (Å²) in [6.45, 7) is 5.32. The molecule has 0 amide bonds. The lowest BCUT2D eigenvalue weighted by Gasteiger charge is -2.21. The molecular weight excluding hydrogens is 266 g/mol. The summed E-state index contributed by atoms with van der Waals surface area (Å²) < 4.78 is 33.6. The van der Waals surface area contributed by atoms with Crippen molar-refractivity contribution in [1.29, 1.82) is 0 Å². The molecule has 2 rings (SSSR count). The first-order valence-corrected chi connectivity index (χ1v) is 8.17. The highest BCUT2D eigenvalue weighted by atomic mass is 32.2. The first-order valence-electron chi connectivity index (χ1n) is 6.56. The molecule has 1 aliphatic heterocycles. The van der Waals surface area contributed by atoms with Crippen molar-refractivity contribution in [3.8, 4) is 0 Å². The van der Waals surface area contributed by atoms with Crippen molar-refractivity contribution < 1.29 is 13.2 Å². The highest BCUT2D eigenvalue weighted by Gasteiger charge is 2.27. The Morgan fingerprint density at radius 1 is 1.37 bits per heavy atom. The molecule has 0 aliphatic carbocycles. The highest BCUT2D eigenvalue weighted by Crippen LogP contribution is 2.15. The standard InChI is InChI=1S/C12H21N3O3S/c1-11-3-5-15(9-12(2)18-11)19(16,17)8-7-14-6-4-13-10-14/h4,6,10-12H,3,5,7-9H2,1-2H3/t11-,12+/m1/s1. The minimum atomic E-state index is -3.23. The number of hydrogen-bond acceptors (Lipinski definition) is 4. The Hall–Kier alpha value is -0.920. The third-order valence-electron chi connectivity index (χ3n) is 3.27. The maximum absolute atomic E-state index is 12.3. The van der Waals surface area contributed by atoms with Crippen LogP contribution in [0.2, 0.25) is 0 Å². The summed E-state index contributed by atoms with van der Waals surface area (Å²) in [6, 6.07) is 0. The number of aryl methyl sites for hydroxylation is 1. The van der Waals surface area contributed by atoms with Crippen molar-refractivity contribution in [3.05, 3.63) is 18.7 Å². The average Bonchev–Trinajstić information content (AvgIpc) is 2.78. The molecule has 0 bridgehead atoms. The zero-order valence-electron chi connectivity index (χ0n) is 11.4. The molecule has 1 fully saturated rings. The highest BCUT2D eigenvalue weighted by molar-refractivity contribution is 7.89. The SMILES string of the molecule is C[C@@H]1CCN(S(=O)(=O)CCn2ccnc2)C[C@H](C)O1. The van der Waals surface area contributed by atoms with Crippen molar-refractivity contribution >= 4 is 10.0 Å². The first kappa shape index (κ1) is 14.5. The summed E-state index contributed by atoms with van der Waals surface area (Å²) in [5, 5.41) is 0. The van der Waals surface area contributed by atoms with E-state index in [0.29, 0.717) is 19.6 Å². The number of imidazole rings is 1. The number of hydrogen-bond donors (Lipinski definition) is 0. The molecule has 2 atom stereocenters. The minimum absolute atomic E-state index is 0.0551. The molecule has 1 aromatic rings. The molecule has 0 aromatic carbocycles. The Balaban J connectivity index is 1.98. The molecule has 0 saturated carbocycles. The van der Waals surface area contributed by atoms with E-state index in [-0.39, 0.29) is 18.0 Å². The van der Waals surface area contributed by atoms with Crippen LogP contribution in [0.15, 0.2) is 18.7 Å². The minimum Gasteiger partial charge on any atom is -0.374 e. The summed E-state index contributed by atoms with van der Waals surface area (Å²) in [6.07, 6.45) is 5.85. The lowest BCUT2D eigenvalue weighted by atomic mass is 10.3. The number of sulfonamides is 1. The fourth-order valence-corrected chi connectivity index (χ4v) is 3.75. The number of rotatable bonds is 4. The van der Waals surface area contributed by atoms with Gasteiger partial charge in [0.2, 0.25) is 10.0 Å². The van der Waals surface area contributed by atoms with E-state index in [1.165, 1.54) is 0 Å². The maximum Gasteiger partial charge on any atom is 0.215 e. The Bertz CT molecular complexity index is 486. The van der Waals surface area contributed by atoms with Gasteiger partial charge in [0, 0.05) is 32.0 Å². The van der Waals surface area contributed by atoms with E-state index in [0.717, 1.165) is 6.42 Å². The number of ether oxygens (including phenoxy) is 1. The van der Waals surface area contributed by atoms with E-state index in [1.807, 2.05) is 13.8 Å². The summed E-state index contributed by atoms with van der Waals surface area (Å²) in [5.74, 6) is 0.102. The second-order valence-electron chi connectivity index (χ2n) is 5.02. The van der Waals surface area contributed by atoms with Gasteiger partial charge in [0.15, 0.2) is 0 Å². The van der Waals surface area contributed by atoms with Crippen LogP contribution in [0.25, 0.3) is 0 Å². The fraction of sp³-hybridized carbons (Fsp3) is 0.750.